The van der Waals surface area contributed by atoms with Gasteiger partial charge in [0.05, 0.1) is 10.6 Å². The molecule has 0 heterocycles. The molecular weight excluding hydrogens is 581 g/mol. The Morgan fingerprint density at radius 1 is 0.902 bits per heavy atom. The molecule has 1 atom stereocenters. The smallest absolute Gasteiger partial charge is 0.264 e. The average molecular weight is 617 g/mol. The van der Waals surface area contributed by atoms with Crippen LogP contribution in [0.5, 0.6) is 0 Å². The van der Waals surface area contributed by atoms with E-state index >= 15 is 0 Å². The number of aryl methyl sites for hydroxylation is 2. The Labute approximate surface area is 252 Å². The summed E-state index contributed by atoms with van der Waals surface area (Å²) in [7, 11) is -4.21. The largest absolute Gasteiger partial charge is 0.352 e. The fourth-order valence-electron chi connectivity index (χ4n) is 4.91. The molecule has 0 saturated heterocycles. The first kappa shape index (κ1) is 30.9. The van der Waals surface area contributed by atoms with E-state index in [-0.39, 0.29) is 39.1 Å². The van der Waals surface area contributed by atoms with Crippen molar-refractivity contribution in [3.05, 3.63) is 93.5 Å². The molecule has 1 fully saturated rings. The number of nitrogens with one attached hydrogen (secondary N) is 1. The van der Waals surface area contributed by atoms with Gasteiger partial charge in [-0.15, -0.1) is 0 Å². The van der Waals surface area contributed by atoms with Gasteiger partial charge in [-0.25, -0.2) is 8.42 Å². The SMILES string of the molecule is Cc1ccc(CN(C(=O)CN(c2cc(Cl)cc(Cl)c2)S(=O)(=O)c2ccc(C)cc2)C(C)C(=O)NC2CCCC2)cc1. The minimum Gasteiger partial charge on any atom is -0.352 e. The summed E-state index contributed by atoms with van der Waals surface area (Å²) in [6.45, 7) is 5.07. The van der Waals surface area contributed by atoms with Gasteiger partial charge in [-0.2, -0.15) is 0 Å². The van der Waals surface area contributed by atoms with E-state index in [0.29, 0.717) is 0 Å². The molecule has 1 unspecified atom stereocenters. The number of benzene rings is 3. The van der Waals surface area contributed by atoms with Gasteiger partial charge < -0.3 is 10.2 Å². The maximum absolute atomic E-state index is 14.1. The molecule has 218 valence electrons. The number of hydrogen-bond acceptors (Lipinski definition) is 4. The maximum Gasteiger partial charge on any atom is 0.264 e. The Bertz CT molecular complexity index is 1470. The number of halogens is 2. The zero-order valence-electron chi connectivity index (χ0n) is 23.4. The van der Waals surface area contributed by atoms with Crippen molar-refractivity contribution in [2.75, 3.05) is 10.8 Å². The summed E-state index contributed by atoms with van der Waals surface area (Å²) in [6.07, 6.45) is 3.92. The zero-order chi connectivity index (χ0) is 29.7. The molecule has 0 spiro atoms. The summed E-state index contributed by atoms with van der Waals surface area (Å²) < 4.78 is 28.9. The highest BCUT2D eigenvalue weighted by Gasteiger charge is 2.33. The predicted octanol–water partition coefficient (Wildman–Crippen LogP) is 6.28. The lowest BCUT2D eigenvalue weighted by atomic mass is 10.1. The molecule has 1 aliphatic rings. The van der Waals surface area contributed by atoms with E-state index in [4.69, 9.17) is 23.2 Å². The van der Waals surface area contributed by atoms with Crippen LogP contribution in [0.3, 0.4) is 0 Å². The molecule has 3 aromatic rings. The van der Waals surface area contributed by atoms with Gasteiger partial charge in [-0.05, 0) is 69.5 Å². The van der Waals surface area contributed by atoms with Crippen LogP contribution in [0.25, 0.3) is 0 Å². The quantitative estimate of drug-likeness (QED) is 0.291. The highest BCUT2D eigenvalue weighted by molar-refractivity contribution is 7.92. The van der Waals surface area contributed by atoms with Crippen molar-refractivity contribution in [2.24, 2.45) is 0 Å². The molecule has 3 aromatic carbocycles. The van der Waals surface area contributed by atoms with E-state index in [1.165, 1.54) is 35.2 Å². The van der Waals surface area contributed by atoms with Crippen LogP contribution >= 0.6 is 23.2 Å². The van der Waals surface area contributed by atoms with Crippen molar-refractivity contribution in [3.8, 4) is 0 Å². The van der Waals surface area contributed by atoms with Gasteiger partial charge in [0.1, 0.15) is 12.6 Å². The molecule has 0 aromatic heterocycles. The lowest BCUT2D eigenvalue weighted by molar-refractivity contribution is -0.139. The Morgan fingerprint density at radius 2 is 1.44 bits per heavy atom. The Kier molecular flexibility index (Phi) is 10.00. The van der Waals surface area contributed by atoms with Gasteiger partial charge in [-0.3, -0.25) is 13.9 Å². The van der Waals surface area contributed by atoms with Gasteiger partial charge >= 0.3 is 0 Å². The summed E-state index contributed by atoms with van der Waals surface area (Å²) in [4.78, 5) is 28.8. The molecule has 7 nitrogen and oxygen atoms in total. The third-order valence-electron chi connectivity index (χ3n) is 7.37. The Hall–Kier alpha value is -3.07. The topological polar surface area (TPSA) is 86.8 Å². The van der Waals surface area contributed by atoms with Crippen LogP contribution in [0, 0.1) is 13.8 Å². The molecule has 2 amide bonds. The highest BCUT2D eigenvalue weighted by Crippen LogP contribution is 2.30. The number of amides is 2. The van der Waals surface area contributed by atoms with Crippen molar-refractivity contribution < 1.29 is 18.0 Å². The van der Waals surface area contributed by atoms with Crippen LogP contribution in [-0.4, -0.2) is 43.8 Å². The number of carbonyl (C=O) groups is 2. The second-order valence-electron chi connectivity index (χ2n) is 10.6. The van der Waals surface area contributed by atoms with E-state index in [1.807, 2.05) is 38.1 Å². The molecule has 10 heteroatoms. The molecule has 4 rings (SSSR count). The van der Waals surface area contributed by atoms with E-state index in [2.05, 4.69) is 5.32 Å². The van der Waals surface area contributed by atoms with Crippen LogP contribution < -0.4 is 9.62 Å². The first-order chi connectivity index (χ1) is 19.4. The lowest BCUT2D eigenvalue weighted by Crippen LogP contribution is -2.52. The minimum absolute atomic E-state index is 0.0177. The summed E-state index contributed by atoms with van der Waals surface area (Å²) in [5, 5.41) is 3.52. The molecule has 1 saturated carbocycles. The number of nitrogens with zero attached hydrogens (tertiary/aromatic N) is 2. The van der Waals surface area contributed by atoms with Crippen LogP contribution in [-0.2, 0) is 26.2 Å². The molecule has 0 aliphatic heterocycles. The predicted molar refractivity (Wildman–Crippen MR) is 164 cm³/mol. The third-order valence-corrected chi connectivity index (χ3v) is 9.59. The number of anilines is 1. The third kappa shape index (κ3) is 7.82. The summed E-state index contributed by atoms with van der Waals surface area (Å²) >= 11 is 12.5. The normalized spacial score (nSPS) is 14.5. The van der Waals surface area contributed by atoms with E-state index in [0.717, 1.165) is 46.7 Å². The number of carbonyl (C=O) groups excluding carboxylic acids is 2. The highest BCUT2D eigenvalue weighted by atomic mass is 35.5. The van der Waals surface area contributed by atoms with Gasteiger partial charge in [0.2, 0.25) is 11.8 Å². The first-order valence-corrected chi connectivity index (χ1v) is 15.8. The van der Waals surface area contributed by atoms with Crippen molar-refractivity contribution in [2.45, 2.75) is 70.0 Å². The standard InChI is InChI=1S/C31H35Cl2N3O4S/c1-21-8-12-24(13-9-21)19-35(23(3)31(38)34-27-6-4-5-7-27)30(37)20-36(28-17-25(32)16-26(33)18-28)41(39,40)29-14-10-22(2)11-15-29/h8-18,23,27H,4-7,19-20H2,1-3H3,(H,34,38). The fourth-order valence-corrected chi connectivity index (χ4v) is 6.83. The summed E-state index contributed by atoms with van der Waals surface area (Å²) in [6, 6.07) is 17.7. The van der Waals surface area contributed by atoms with Crippen LogP contribution in [0.4, 0.5) is 5.69 Å². The van der Waals surface area contributed by atoms with Gasteiger partial charge in [0, 0.05) is 22.6 Å². The Morgan fingerprint density at radius 3 is 2.00 bits per heavy atom. The van der Waals surface area contributed by atoms with Crippen molar-refractivity contribution in [1.29, 1.82) is 0 Å². The van der Waals surface area contributed by atoms with E-state index in [1.54, 1.807) is 19.1 Å². The summed E-state index contributed by atoms with van der Waals surface area (Å²) in [5.41, 5.74) is 2.92. The lowest BCUT2D eigenvalue weighted by Gasteiger charge is -2.32. The second-order valence-corrected chi connectivity index (χ2v) is 13.4. The molecule has 41 heavy (non-hydrogen) atoms. The molecular formula is C31H35Cl2N3O4S. The van der Waals surface area contributed by atoms with Crippen molar-refractivity contribution in [1.82, 2.24) is 10.2 Å². The van der Waals surface area contributed by atoms with Gasteiger partial charge in [0.25, 0.3) is 10.0 Å². The number of hydrogen-bond donors (Lipinski definition) is 1. The van der Waals surface area contributed by atoms with Crippen LogP contribution in [0.15, 0.2) is 71.6 Å². The molecule has 1 N–H and O–H groups in total. The maximum atomic E-state index is 14.1. The van der Waals surface area contributed by atoms with E-state index in [9.17, 15) is 18.0 Å². The van der Waals surface area contributed by atoms with Crippen LogP contribution in [0.2, 0.25) is 10.0 Å². The first-order valence-electron chi connectivity index (χ1n) is 13.6. The second kappa shape index (κ2) is 13.3. The fraction of sp³-hybridized carbons (Fsp3) is 0.355. The Balaban J connectivity index is 1.70. The minimum atomic E-state index is -4.21. The molecule has 1 aliphatic carbocycles. The molecule has 0 radical (unpaired) electrons. The van der Waals surface area contributed by atoms with E-state index < -0.39 is 28.5 Å². The molecule has 0 bridgehead atoms. The summed E-state index contributed by atoms with van der Waals surface area (Å²) in [5.74, 6) is -0.803. The van der Waals surface area contributed by atoms with Crippen LogP contribution in [0.1, 0.15) is 49.3 Å². The van der Waals surface area contributed by atoms with Crippen molar-refractivity contribution in [3.63, 3.8) is 0 Å². The van der Waals surface area contributed by atoms with Gasteiger partial charge in [-0.1, -0.05) is 83.6 Å². The average Bonchev–Trinajstić information content (AvgIpc) is 3.43. The zero-order valence-corrected chi connectivity index (χ0v) is 25.8. The number of rotatable bonds is 10. The van der Waals surface area contributed by atoms with Crippen molar-refractivity contribution >= 4 is 50.7 Å². The van der Waals surface area contributed by atoms with Gasteiger partial charge in [0.15, 0.2) is 0 Å². The monoisotopic (exact) mass is 615 g/mol. The number of sulfonamides is 1.